The Bertz CT molecular complexity index is 711. The van der Waals surface area contributed by atoms with Gasteiger partial charge in [0, 0.05) is 18.4 Å². The second-order valence-electron chi connectivity index (χ2n) is 5.21. The lowest BCUT2D eigenvalue weighted by molar-refractivity contribution is -0.136. The summed E-state index contributed by atoms with van der Waals surface area (Å²) in [6, 6.07) is 5.26. The van der Waals surface area contributed by atoms with Gasteiger partial charge in [0.2, 0.25) is 5.95 Å². The number of aromatic nitrogens is 2. The van der Waals surface area contributed by atoms with Crippen LogP contribution in [0.25, 0.3) is 0 Å². The summed E-state index contributed by atoms with van der Waals surface area (Å²) in [6.07, 6.45) is 0.00110. The van der Waals surface area contributed by atoms with Crippen molar-refractivity contribution in [1.82, 2.24) is 15.3 Å². The molecule has 0 unspecified atom stereocenters. The van der Waals surface area contributed by atoms with Crippen LogP contribution in [0.5, 0.6) is 0 Å². The van der Waals surface area contributed by atoms with Gasteiger partial charge >= 0.3 is 6.18 Å². The predicted octanol–water partition coefficient (Wildman–Crippen LogP) is 3.13. The van der Waals surface area contributed by atoms with E-state index in [1.54, 1.807) is 0 Å². The van der Waals surface area contributed by atoms with Gasteiger partial charge in [0.25, 0.3) is 5.91 Å². The van der Waals surface area contributed by atoms with Gasteiger partial charge in [-0.1, -0.05) is 12.1 Å². The number of benzene rings is 1. The van der Waals surface area contributed by atoms with E-state index in [9.17, 15) is 18.0 Å². The smallest absolute Gasteiger partial charge is 0.349 e. The molecule has 23 heavy (non-hydrogen) atoms. The first kappa shape index (κ1) is 15.3. The fourth-order valence-electron chi connectivity index (χ4n) is 1.97. The van der Waals surface area contributed by atoms with E-state index in [0.29, 0.717) is 0 Å². The summed E-state index contributed by atoms with van der Waals surface area (Å²) in [7, 11) is 0. The normalized spacial score (nSPS) is 14.4. The molecule has 2 N–H and O–H groups in total. The van der Waals surface area contributed by atoms with Crippen molar-refractivity contribution in [3.05, 3.63) is 47.8 Å². The molecule has 1 aliphatic carbocycles. The second-order valence-corrected chi connectivity index (χ2v) is 5.21. The summed E-state index contributed by atoms with van der Waals surface area (Å²) in [6.45, 7) is 0. The van der Waals surface area contributed by atoms with E-state index in [-0.39, 0.29) is 29.1 Å². The molecule has 1 aromatic heterocycles. The van der Waals surface area contributed by atoms with Crippen LogP contribution >= 0.6 is 0 Å². The third-order valence-electron chi connectivity index (χ3n) is 3.31. The number of nitrogens with zero attached hydrogens (tertiary/aromatic N) is 2. The van der Waals surface area contributed by atoms with E-state index in [4.69, 9.17) is 0 Å². The van der Waals surface area contributed by atoms with E-state index in [0.717, 1.165) is 18.9 Å². The molecule has 0 bridgehead atoms. The minimum Gasteiger partial charge on any atom is -0.349 e. The number of carbonyl (C=O) groups excluding carboxylic acids is 1. The van der Waals surface area contributed by atoms with Crippen molar-refractivity contribution in [2.24, 2.45) is 0 Å². The molecule has 0 spiro atoms. The van der Waals surface area contributed by atoms with Crippen LogP contribution in [-0.4, -0.2) is 21.9 Å². The molecule has 8 heteroatoms. The lowest BCUT2D eigenvalue weighted by atomic mass is 10.1. The van der Waals surface area contributed by atoms with Gasteiger partial charge in [0.05, 0.1) is 16.8 Å². The molecule has 5 nitrogen and oxygen atoms in total. The second kappa shape index (κ2) is 5.86. The lowest BCUT2D eigenvalue weighted by Gasteiger charge is -2.13. The molecule has 0 aliphatic heterocycles. The summed E-state index contributed by atoms with van der Waals surface area (Å²) < 4.78 is 38.7. The first-order valence-electron chi connectivity index (χ1n) is 6.99. The first-order valence-corrected chi connectivity index (χ1v) is 6.99. The van der Waals surface area contributed by atoms with Crippen molar-refractivity contribution in [2.75, 3.05) is 5.32 Å². The summed E-state index contributed by atoms with van der Waals surface area (Å²) in [4.78, 5) is 19.6. The molecule has 1 heterocycles. The number of carbonyl (C=O) groups is 1. The van der Waals surface area contributed by atoms with E-state index in [2.05, 4.69) is 20.6 Å². The molecule has 1 saturated carbocycles. The highest BCUT2D eigenvalue weighted by molar-refractivity contribution is 5.94. The van der Waals surface area contributed by atoms with Gasteiger partial charge in [-0.15, -0.1) is 0 Å². The van der Waals surface area contributed by atoms with Crippen molar-refractivity contribution >= 4 is 17.5 Å². The number of rotatable bonds is 4. The topological polar surface area (TPSA) is 66.9 Å². The monoisotopic (exact) mass is 322 g/mol. The van der Waals surface area contributed by atoms with E-state index >= 15 is 0 Å². The van der Waals surface area contributed by atoms with Crippen LogP contribution in [0.1, 0.15) is 28.8 Å². The Balaban J connectivity index is 1.75. The van der Waals surface area contributed by atoms with Crippen LogP contribution in [0.2, 0.25) is 0 Å². The van der Waals surface area contributed by atoms with Gasteiger partial charge in [0.15, 0.2) is 0 Å². The summed E-state index contributed by atoms with van der Waals surface area (Å²) >= 11 is 0. The SMILES string of the molecule is O=C(NC1CC1)c1cnc(Nc2ccccc2C(F)(F)F)nc1. The molecule has 0 radical (unpaired) electrons. The highest BCUT2D eigenvalue weighted by atomic mass is 19.4. The maximum atomic E-state index is 12.9. The summed E-state index contributed by atoms with van der Waals surface area (Å²) in [5.74, 6) is -0.292. The van der Waals surface area contributed by atoms with Crippen molar-refractivity contribution in [3.8, 4) is 0 Å². The van der Waals surface area contributed by atoms with Crippen molar-refractivity contribution in [3.63, 3.8) is 0 Å². The van der Waals surface area contributed by atoms with Gasteiger partial charge in [0.1, 0.15) is 0 Å². The molecule has 3 rings (SSSR count). The molecule has 120 valence electrons. The first-order chi connectivity index (χ1) is 10.9. The van der Waals surface area contributed by atoms with E-state index < -0.39 is 11.7 Å². The molecule has 1 fully saturated rings. The molecular formula is C15H13F3N4O. The molecule has 1 amide bonds. The number of anilines is 2. The van der Waals surface area contributed by atoms with Gasteiger partial charge in [-0.3, -0.25) is 4.79 Å². The number of halogens is 3. The fourth-order valence-corrected chi connectivity index (χ4v) is 1.97. The van der Waals surface area contributed by atoms with E-state index in [1.165, 1.54) is 30.6 Å². The molecule has 1 aliphatic rings. The Morgan fingerprint density at radius 2 is 1.78 bits per heavy atom. The summed E-state index contributed by atoms with van der Waals surface area (Å²) in [5, 5.41) is 5.30. The largest absolute Gasteiger partial charge is 0.418 e. The zero-order chi connectivity index (χ0) is 16.4. The Labute approximate surface area is 130 Å². The number of nitrogens with one attached hydrogen (secondary N) is 2. The quantitative estimate of drug-likeness (QED) is 0.907. The molecule has 1 aromatic carbocycles. The van der Waals surface area contributed by atoms with Crippen molar-refractivity contribution in [1.29, 1.82) is 0 Å². The number of para-hydroxylation sites is 1. The lowest BCUT2D eigenvalue weighted by Crippen LogP contribution is -2.25. The molecular weight excluding hydrogens is 309 g/mol. The number of hydrogen-bond acceptors (Lipinski definition) is 4. The highest BCUT2D eigenvalue weighted by Gasteiger charge is 2.33. The van der Waals surface area contributed by atoms with Crippen LogP contribution < -0.4 is 10.6 Å². The molecule has 0 atom stereocenters. The number of alkyl halides is 3. The minimum absolute atomic E-state index is 0.00956. The van der Waals surface area contributed by atoms with E-state index in [1.807, 2.05) is 0 Å². The van der Waals surface area contributed by atoms with Crippen molar-refractivity contribution < 1.29 is 18.0 Å². The van der Waals surface area contributed by atoms with Crippen LogP contribution in [0.4, 0.5) is 24.8 Å². The average molecular weight is 322 g/mol. The van der Waals surface area contributed by atoms with Crippen molar-refractivity contribution in [2.45, 2.75) is 25.1 Å². The Kier molecular flexibility index (Phi) is 3.89. The van der Waals surface area contributed by atoms with Crippen LogP contribution in [0, 0.1) is 0 Å². The Morgan fingerprint density at radius 1 is 1.13 bits per heavy atom. The summed E-state index contributed by atoms with van der Waals surface area (Å²) in [5.41, 5.74) is -0.680. The molecule has 0 saturated heterocycles. The highest BCUT2D eigenvalue weighted by Crippen LogP contribution is 2.35. The maximum Gasteiger partial charge on any atom is 0.418 e. The molecule has 2 aromatic rings. The Hall–Kier alpha value is -2.64. The van der Waals surface area contributed by atoms with Crippen LogP contribution in [0.15, 0.2) is 36.7 Å². The minimum atomic E-state index is -4.48. The van der Waals surface area contributed by atoms with Crippen LogP contribution in [-0.2, 0) is 6.18 Å². The van der Waals surface area contributed by atoms with Gasteiger partial charge < -0.3 is 10.6 Å². The fraction of sp³-hybridized carbons (Fsp3) is 0.267. The third kappa shape index (κ3) is 3.77. The van der Waals surface area contributed by atoms with Crippen LogP contribution in [0.3, 0.4) is 0 Å². The number of amides is 1. The number of hydrogen-bond donors (Lipinski definition) is 2. The zero-order valence-corrected chi connectivity index (χ0v) is 11.9. The Morgan fingerprint density at radius 3 is 2.39 bits per heavy atom. The third-order valence-corrected chi connectivity index (χ3v) is 3.31. The predicted molar refractivity (Wildman–Crippen MR) is 77.2 cm³/mol. The van der Waals surface area contributed by atoms with Gasteiger partial charge in [-0.05, 0) is 25.0 Å². The average Bonchev–Trinajstić information content (AvgIpc) is 3.31. The standard InChI is InChI=1S/C15H13F3N4O/c16-15(17,18)11-3-1-2-4-12(11)22-14-19-7-9(8-20-14)13(23)21-10-5-6-10/h1-4,7-8,10H,5-6H2,(H,21,23)(H,19,20,22). The maximum absolute atomic E-state index is 12.9. The van der Waals surface area contributed by atoms with Gasteiger partial charge in [-0.25, -0.2) is 9.97 Å². The van der Waals surface area contributed by atoms with Gasteiger partial charge in [-0.2, -0.15) is 13.2 Å². The zero-order valence-electron chi connectivity index (χ0n) is 11.9.